The molecule has 1 N–H and O–H groups in total. The number of piperidine rings is 1. The van der Waals surface area contributed by atoms with Crippen molar-refractivity contribution in [3.63, 3.8) is 0 Å². The lowest BCUT2D eigenvalue weighted by Crippen LogP contribution is -2.53. The van der Waals surface area contributed by atoms with Crippen molar-refractivity contribution in [2.75, 3.05) is 13.1 Å². The molecule has 1 aliphatic heterocycles. The molecule has 7 nitrogen and oxygen atoms in total. The number of benzene rings is 1. The van der Waals surface area contributed by atoms with Gasteiger partial charge in [0.1, 0.15) is 12.1 Å². The molecule has 1 aromatic carbocycles. The van der Waals surface area contributed by atoms with E-state index in [0.29, 0.717) is 19.1 Å². The monoisotopic (exact) mass is 369 g/mol. The van der Waals surface area contributed by atoms with Crippen molar-refractivity contribution in [1.29, 1.82) is 0 Å². The van der Waals surface area contributed by atoms with Gasteiger partial charge < -0.3 is 10.2 Å². The van der Waals surface area contributed by atoms with Gasteiger partial charge in [-0.3, -0.25) is 9.59 Å². The van der Waals surface area contributed by atoms with Gasteiger partial charge >= 0.3 is 0 Å². The van der Waals surface area contributed by atoms with Crippen molar-refractivity contribution in [3.8, 4) is 0 Å². The number of rotatable bonds is 4. The van der Waals surface area contributed by atoms with E-state index in [1.807, 2.05) is 36.1 Å². The molecule has 0 spiro atoms. The number of hydrogen-bond donors (Lipinski definition) is 1. The van der Waals surface area contributed by atoms with E-state index in [2.05, 4.69) is 15.6 Å². The summed E-state index contributed by atoms with van der Waals surface area (Å²) in [4.78, 5) is 27.5. The van der Waals surface area contributed by atoms with Crippen LogP contribution in [-0.4, -0.2) is 50.8 Å². The molecular formula is C20H27N5O2. The van der Waals surface area contributed by atoms with Gasteiger partial charge in [-0.1, -0.05) is 30.2 Å². The fraction of sp³-hybridized carbons (Fsp3) is 0.600. The van der Waals surface area contributed by atoms with Gasteiger partial charge in [0.2, 0.25) is 11.8 Å². The van der Waals surface area contributed by atoms with E-state index in [-0.39, 0.29) is 18.4 Å². The number of carbonyl (C=O) groups excluding carboxylic acids is 2. The SMILES string of the molecule is C[C@@]1(C(=O)NC2CCCC2)CCCN(C(=O)Cn2nnc3ccccc32)C1. The van der Waals surface area contributed by atoms with Gasteiger partial charge in [-0.2, -0.15) is 0 Å². The maximum absolute atomic E-state index is 12.9. The highest BCUT2D eigenvalue weighted by Gasteiger charge is 2.40. The average Bonchev–Trinajstić information content (AvgIpc) is 3.32. The van der Waals surface area contributed by atoms with Crippen molar-refractivity contribution >= 4 is 22.8 Å². The number of likely N-dealkylation sites (tertiary alicyclic amines) is 1. The number of amides is 2. The predicted octanol–water partition coefficient (Wildman–Crippen LogP) is 2.12. The molecule has 2 amide bonds. The lowest BCUT2D eigenvalue weighted by atomic mass is 9.80. The van der Waals surface area contributed by atoms with Crippen LogP contribution in [0, 0.1) is 5.41 Å². The third-order valence-electron chi connectivity index (χ3n) is 5.99. The number of aromatic nitrogens is 3. The smallest absolute Gasteiger partial charge is 0.244 e. The van der Waals surface area contributed by atoms with Crippen LogP contribution < -0.4 is 5.32 Å². The second kappa shape index (κ2) is 7.29. The molecule has 144 valence electrons. The Labute approximate surface area is 159 Å². The summed E-state index contributed by atoms with van der Waals surface area (Å²) in [7, 11) is 0. The van der Waals surface area contributed by atoms with Crippen LogP contribution in [0.2, 0.25) is 0 Å². The highest BCUT2D eigenvalue weighted by molar-refractivity contribution is 5.85. The highest BCUT2D eigenvalue weighted by Crippen LogP contribution is 2.31. The first-order valence-electron chi connectivity index (χ1n) is 9.92. The number of nitrogens with zero attached hydrogens (tertiary/aromatic N) is 4. The van der Waals surface area contributed by atoms with E-state index >= 15 is 0 Å². The summed E-state index contributed by atoms with van der Waals surface area (Å²) in [6.07, 6.45) is 6.20. The molecule has 4 rings (SSSR count). The first kappa shape index (κ1) is 17.9. The minimum Gasteiger partial charge on any atom is -0.353 e. The fourth-order valence-electron chi connectivity index (χ4n) is 4.33. The summed E-state index contributed by atoms with van der Waals surface area (Å²) in [5.41, 5.74) is 1.12. The molecule has 1 aromatic heterocycles. The Morgan fingerprint density at radius 2 is 2.00 bits per heavy atom. The van der Waals surface area contributed by atoms with Gasteiger partial charge in [-0.25, -0.2) is 4.68 Å². The van der Waals surface area contributed by atoms with Crippen LogP contribution in [0.3, 0.4) is 0 Å². The summed E-state index contributed by atoms with van der Waals surface area (Å²) in [6, 6.07) is 7.93. The molecular weight excluding hydrogens is 342 g/mol. The molecule has 1 saturated carbocycles. The van der Waals surface area contributed by atoms with Crippen molar-refractivity contribution in [3.05, 3.63) is 24.3 Å². The predicted molar refractivity (Wildman–Crippen MR) is 102 cm³/mol. The van der Waals surface area contributed by atoms with Crippen LogP contribution in [0.5, 0.6) is 0 Å². The molecule has 1 saturated heterocycles. The quantitative estimate of drug-likeness (QED) is 0.895. The normalized spacial score (nSPS) is 23.7. The number of nitrogens with one attached hydrogen (secondary N) is 1. The molecule has 0 radical (unpaired) electrons. The Morgan fingerprint density at radius 1 is 1.22 bits per heavy atom. The zero-order valence-corrected chi connectivity index (χ0v) is 15.9. The maximum Gasteiger partial charge on any atom is 0.244 e. The fourth-order valence-corrected chi connectivity index (χ4v) is 4.33. The summed E-state index contributed by atoms with van der Waals surface area (Å²) in [5, 5.41) is 11.4. The standard InChI is InChI=1S/C20H27N5O2/c1-20(19(27)21-15-7-2-3-8-15)11-6-12-24(14-20)18(26)13-25-17-10-5-4-9-16(17)22-23-25/h4-5,9-10,15H,2-3,6-8,11-14H2,1H3,(H,21,27)/t20-/m1/s1. The van der Waals surface area contributed by atoms with Gasteiger partial charge in [0, 0.05) is 19.1 Å². The Bertz CT molecular complexity index is 842. The average molecular weight is 369 g/mol. The minimum atomic E-state index is -0.513. The Hall–Kier alpha value is -2.44. The van der Waals surface area contributed by atoms with Crippen LogP contribution in [-0.2, 0) is 16.1 Å². The maximum atomic E-state index is 12.9. The van der Waals surface area contributed by atoms with Gasteiger partial charge in [-0.15, -0.1) is 5.10 Å². The van der Waals surface area contributed by atoms with Crippen LogP contribution in [0.4, 0.5) is 0 Å². The molecule has 0 unspecified atom stereocenters. The molecule has 2 heterocycles. The van der Waals surface area contributed by atoms with Crippen molar-refractivity contribution in [2.45, 2.75) is 58.0 Å². The third kappa shape index (κ3) is 3.68. The number of para-hydroxylation sites is 1. The van der Waals surface area contributed by atoms with E-state index in [9.17, 15) is 9.59 Å². The third-order valence-corrected chi connectivity index (χ3v) is 5.99. The molecule has 1 atom stereocenters. The minimum absolute atomic E-state index is 0.00903. The largest absolute Gasteiger partial charge is 0.353 e. The molecule has 2 fully saturated rings. The number of hydrogen-bond acceptors (Lipinski definition) is 4. The van der Waals surface area contributed by atoms with Crippen LogP contribution in [0.25, 0.3) is 11.0 Å². The topological polar surface area (TPSA) is 80.1 Å². The first-order valence-corrected chi connectivity index (χ1v) is 9.92. The van der Waals surface area contributed by atoms with Gasteiger partial charge in [0.15, 0.2) is 0 Å². The summed E-state index contributed by atoms with van der Waals surface area (Å²) >= 11 is 0. The lowest BCUT2D eigenvalue weighted by molar-refractivity contribution is -0.141. The van der Waals surface area contributed by atoms with Crippen LogP contribution in [0.1, 0.15) is 45.4 Å². The zero-order valence-electron chi connectivity index (χ0n) is 15.9. The van der Waals surface area contributed by atoms with Crippen molar-refractivity contribution in [1.82, 2.24) is 25.2 Å². The second-order valence-electron chi connectivity index (χ2n) is 8.17. The molecule has 27 heavy (non-hydrogen) atoms. The zero-order chi connectivity index (χ0) is 18.9. The summed E-state index contributed by atoms with van der Waals surface area (Å²) < 4.78 is 1.64. The molecule has 1 aliphatic carbocycles. The Balaban J connectivity index is 1.42. The lowest BCUT2D eigenvalue weighted by Gasteiger charge is -2.39. The summed E-state index contributed by atoms with van der Waals surface area (Å²) in [5.74, 6) is 0.0864. The number of carbonyl (C=O) groups is 2. The molecule has 0 bridgehead atoms. The van der Waals surface area contributed by atoms with E-state index < -0.39 is 5.41 Å². The second-order valence-corrected chi connectivity index (χ2v) is 8.17. The molecule has 2 aliphatic rings. The Morgan fingerprint density at radius 3 is 2.81 bits per heavy atom. The van der Waals surface area contributed by atoms with Crippen LogP contribution >= 0.6 is 0 Å². The van der Waals surface area contributed by atoms with E-state index in [0.717, 1.165) is 36.7 Å². The van der Waals surface area contributed by atoms with Gasteiger partial charge in [-0.05, 0) is 44.7 Å². The highest BCUT2D eigenvalue weighted by atomic mass is 16.2. The van der Waals surface area contributed by atoms with E-state index in [1.54, 1.807) is 4.68 Å². The first-order chi connectivity index (χ1) is 13.0. The van der Waals surface area contributed by atoms with Gasteiger partial charge in [0.25, 0.3) is 0 Å². The molecule has 7 heteroatoms. The van der Waals surface area contributed by atoms with E-state index in [1.165, 1.54) is 12.8 Å². The van der Waals surface area contributed by atoms with Crippen LogP contribution in [0.15, 0.2) is 24.3 Å². The van der Waals surface area contributed by atoms with Gasteiger partial charge in [0.05, 0.1) is 10.9 Å². The van der Waals surface area contributed by atoms with E-state index in [4.69, 9.17) is 0 Å². The molecule has 2 aromatic rings. The van der Waals surface area contributed by atoms with Crippen molar-refractivity contribution in [2.24, 2.45) is 5.41 Å². The number of fused-ring (bicyclic) bond motifs is 1. The Kier molecular flexibility index (Phi) is 4.85. The van der Waals surface area contributed by atoms with Crippen molar-refractivity contribution < 1.29 is 9.59 Å². The summed E-state index contributed by atoms with van der Waals surface area (Å²) in [6.45, 7) is 3.30.